The highest BCUT2D eigenvalue weighted by molar-refractivity contribution is 5.55. The number of piperazine rings is 1. The highest BCUT2D eigenvalue weighted by atomic mass is 16.5. The molecule has 2 aliphatic heterocycles. The number of rotatable bonds is 4. The lowest BCUT2D eigenvalue weighted by Crippen LogP contribution is -2.44. The number of aryl methyl sites for hydroxylation is 1. The van der Waals surface area contributed by atoms with Crippen LogP contribution in [0, 0.1) is 6.92 Å². The van der Waals surface area contributed by atoms with Crippen molar-refractivity contribution in [2.75, 3.05) is 63.9 Å². The van der Waals surface area contributed by atoms with E-state index in [-0.39, 0.29) is 0 Å². The summed E-state index contributed by atoms with van der Waals surface area (Å²) in [5, 5.41) is 3.42. The van der Waals surface area contributed by atoms with E-state index >= 15 is 0 Å². The molecule has 0 atom stereocenters. The Bertz CT molecular complexity index is 451. The summed E-state index contributed by atoms with van der Waals surface area (Å²) >= 11 is 0. The second-order valence-electron chi connectivity index (χ2n) is 6.07. The van der Waals surface area contributed by atoms with Crippen LogP contribution in [0.2, 0.25) is 0 Å². The van der Waals surface area contributed by atoms with Crippen molar-refractivity contribution in [2.24, 2.45) is 0 Å². The maximum atomic E-state index is 5.48. The Morgan fingerprint density at radius 2 is 1.86 bits per heavy atom. The molecule has 0 bridgehead atoms. The van der Waals surface area contributed by atoms with Crippen LogP contribution in [0.1, 0.15) is 11.1 Å². The van der Waals surface area contributed by atoms with Crippen molar-refractivity contribution in [3.8, 4) is 0 Å². The first-order valence-electron chi connectivity index (χ1n) is 8.18. The zero-order chi connectivity index (χ0) is 14.5. The fraction of sp³-hybridized carbons (Fsp3) is 0.647. The van der Waals surface area contributed by atoms with Gasteiger partial charge in [-0.05, 0) is 25.0 Å². The third kappa shape index (κ3) is 3.96. The van der Waals surface area contributed by atoms with E-state index in [1.165, 1.54) is 36.4 Å². The SMILES string of the molecule is Cc1ccc(N2CCOCC2)c(CCN2CCNCC2)c1. The molecule has 2 heterocycles. The van der Waals surface area contributed by atoms with E-state index in [4.69, 9.17) is 4.74 Å². The van der Waals surface area contributed by atoms with Crippen molar-refractivity contribution in [1.29, 1.82) is 0 Å². The number of benzene rings is 1. The van der Waals surface area contributed by atoms with Gasteiger partial charge in [0, 0.05) is 51.5 Å². The van der Waals surface area contributed by atoms with Crippen molar-refractivity contribution in [1.82, 2.24) is 10.2 Å². The summed E-state index contributed by atoms with van der Waals surface area (Å²) in [7, 11) is 0. The van der Waals surface area contributed by atoms with Crippen LogP contribution in [0.4, 0.5) is 5.69 Å². The summed E-state index contributed by atoms with van der Waals surface area (Å²) in [6.45, 7) is 11.7. The molecule has 1 aromatic carbocycles. The van der Waals surface area contributed by atoms with Gasteiger partial charge in [-0.3, -0.25) is 0 Å². The molecule has 4 nitrogen and oxygen atoms in total. The van der Waals surface area contributed by atoms with E-state index in [0.717, 1.165) is 45.8 Å². The zero-order valence-corrected chi connectivity index (χ0v) is 13.1. The fourth-order valence-corrected chi connectivity index (χ4v) is 3.24. The van der Waals surface area contributed by atoms with E-state index in [1.54, 1.807) is 0 Å². The molecular formula is C17H27N3O. The van der Waals surface area contributed by atoms with Gasteiger partial charge in [0.25, 0.3) is 0 Å². The van der Waals surface area contributed by atoms with E-state index in [2.05, 4.69) is 40.2 Å². The summed E-state index contributed by atoms with van der Waals surface area (Å²) in [4.78, 5) is 5.05. The summed E-state index contributed by atoms with van der Waals surface area (Å²) in [5.74, 6) is 0. The van der Waals surface area contributed by atoms with Crippen LogP contribution in [-0.4, -0.2) is 63.9 Å². The number of nitrogens with one attached hydrogen (secondary N) is 1. The average molecular weight is 289 g/mol. The van der Waals surface area contributed by atoms with E-state index in [1.807, 2.05) is 0 Å². The number of morpholine rings is 1. The first kappa shape index (κ1) is 14.8. The van der Waals surface area contributed by atoms with Crippen LogP contribution >= 0.6 is 0 Å². The monoisotopic (exact) mass is 289 g/mol. The fourth-order valence-electron chi connectivity index (χ4n) is 3.24. The van der Waals surface area contributed by atoms with Crippen molar-refractivity contribution in [3.05, 3.63) is 29.3 Å². The third-order valence-electron chi connectivity index (χ3n) is 4.49. The van der Waals surface area contributed by atoms with Gasteiger partial charge >= 0.3 is 0 Å². The molecule has 2 fully saturated rings. The maximum Gasteiger partial charge on any atom is 0.0642 e. The Labute approximate surface area is 128 Å². The van der Waals surface area contributed by atoms with E-state index in [9.17, 15) is 0 Å². The summed E-state index contributed by atoms with van der Waals surface area (Å²) in [6.07, 6.45) is 1.15. The molecular weight excluding hydrogens is 262 g/mol. The second kappa shape index (κ2) is 7.25. The van der Waals surface area contributed by atoms with Crippen LogP contribution < -0.4 is 10.2 Å². The molecule has 3 rings (SSSR count). The van der Waals surface area contributed by atoms with Crippen LogP contribution in [0.25, 0.3) is 0 Å². The summed E-state index contributed by atoms with van der Waals surface area (Å²) in [6, 6.07) is 6.90. The normalized spacial score (nSPS) is 20.7. The minimum atomic E-state index is 0.852. The van der Waals surface area contributed by atoms with Crippen LogP contribution in [0.3, 0.4) is 0 Å². The molecule has 2 saturated heterocycles. The molecule has 0 amide bonds. The average Bonchev–Trinajstić information content (AvgIpc) is 2.55. The highest BCUT2D eigenvalue weighted by Crippen LogP contribution is 2.24. The highest BCUT2D eigenvalue weighted by Gasteiger charge is 2.16. The lowest BCUT2D eigenvalue weighted by Gasteiger charge is -2.32. The first-order chi connectivity index (χ1) is 10.3. The van der Waals surface area contributed by atoms with Crippen molar-refractivity contribution in [3.63, 3.8) is 0 Å². The molecule has 0 aromatic heterocycles. The van der Waals surface area contributed by atoms with E-state index in [0.29, 0.717) is 0 Å². The largest absolute Gasteiger partial charge is 0.378 e. The molecule has 0 spiro atoms. The van der Waals surface area contributed by atoms with Crippen molar-refractivity contribution >= 4 is 5.69 Å². The first-order valence-corrected chi connectivity index (χ1v) is 8.18. The quantitative estimate of drug-likeness (QED) is 0.904. The minimum Gasteiger partial charge on any atom is -0.378 e. The minimum absolute atomic E-state index is 0.852. The zero-order valence-electron chi connectivity index (χ0n) is 13.1. The molecule has 0 radical (unpaired) electrons. The number of anilines is 1. The van der Waals surface area contributed by atoms with Gasteiger partial charge in [0.05, 0.1) is 13.2 Å². The van der Waals surface area contributed by atoms with Gasteiger partial charge < -0.3 is 19.9 Å². The van der Waals surface area contributed by atoms with Crippen LogP contribution in [0.15, 0.2) is 18.2 Å². The van der Waals surface area contributed by atoms with Gasteiger partial charge in [0.2, 0.25) is 0 Å². The van der Waals surface area contributed by atoms with Crippen molar-refractivity contribution < 1.29 is 4.74 Å². The number of hydrogen-bond donors (Lipinski definition) is 1. The molecule has 0 aliphatic carbocycles. The number of nitrogens with zero attached hydrogens (tertiary/aromatic N) is 2. The summed E-state index contributed by atoms with van der Waals surface area (Å²) in [5.41, 5.74) is 4.27. The smallest absolute Gasteiger partial charge is 0.0642 e. The van der Waals surface area contributed by atoms with Gasteiger partial charge in [-0.1, -0.05) is 17.7 Å². The molecule has 116 valence electrons. The van der Waals surface area contributed by atoms with Gasteiger partial charge in [-0.25, -0.2) is 0 Å². The number of ether oxygens (including phenoxy) is 1. The van der Waals surface area contributed by atoms with Crippen molar-refractivity contribution in [2.45, 2.75) is 13.3 Å². The third-order valence-corrected chi connectivity index (χ3v) is 4.49. The molecule has 0 unspecified atom stereocenters. The lowest BCUT2D eigenvalue weighted by molar-refractivity contribution is 0.122. The molecule has 2 aliphatic rings. The number of hydrogen-bond acceptors (Lipinski definition) is 4. The Morgan fingerprint density at radius 1 is 1.10 bits per heavy atom. The molecule has 4 heteroatoms. The van der Waals surface area contributed by atoms with Gasteiger partial charge in [-0.15, -0.1) is 0 Å². The molecule has 1 N–H and O–H groups in total. The maximum absolute atomic E-state index is 5.48. The standard InChI is InChI=1S/C17H27N3O/c1-15-2-3-17(20-10-12-21-13-11-20)16(14-15)4-7-19-8-5-18-6-9-19/h2-3,14,18H,4-13H2,1H3. The topological polar surface area (TPSA) is 27.7 Å². The van der Waals surface area contributed by atoms with Gasteiger partial charge in [0.1, 0.15) is 0 Å². The Morgan fingerprint density at radius 3 is 2.62 bits per heavy atom. The molecule has 21 heavy (non-hydrogen) atoms. The van der Waals surface area contributed by atoms with E-state index < -0.39 is 0 Å². The molecule has 1 aromatic rings. The Hall–Kier alpha value is -1.10. The van der Waals surface area contributed by atoms with Crippen LogP contribution in [0.5, 0.6) is 0 Å². The lowest BCUT2D eigenvalue weighted by atomic mass is 10.0. The predicted octanol–water partition coefficient (Wildman–Crippen LogP) is 1.28. The van der Waals surface area contributed by atoms with Gasteiger partial charge in [0.15, 0.2) is 0 Å². The van der Waals surface area contributed by atoms with Gasteiger partial charge in [-0.2, -0.15) is 0 Å². The summed E-state index contributed by atoms with van der Waals surface area (Å²) < 4.78 is 5.48. The Kier molecular flexibility index (Phi) is 5.12. The Balaban J connectivity index is 1.68. The predicted molar refractivity (Wildman–Crippen MR) is 87.2 cm³/mol. The molecule has 0 saturated carbocycles. The second-order valence-corrected chi connectivity index (χ2v) is 6.07. The van der Waals surface area contributed by atoms with Crippen LogP contribution in [-0.2, 0) is 11.2 Å².